The maximum Gasteiger partial charge on any atom is 0.339 e. The fraction of sp³-hybridized carbons (Fsp3) is 0.391. The number of anilines is 1. The number of hydrogen-bond donors (Lipinski definition) is 0. The summed E-state index contributed by atoms with van der Waals surface area (Å²) in [6.45, 7) is 8.88. The van der Waals surface area contributed by atoms with Crippen LogP contribution in [0.3, 0.4) is 0 Å². The van der Waals surface area contributed by atoms with Gasteiger partial charge in [-0.1, -0.05) is 0 Å². The number of carbonyl (C=O) groups excluding carboxylic acids is 2. The Hall–Kier alpha value is -3.20. The van der Waals surface area contributed by atoms with Crippen molar-refractivity contribution in [3.63, 3.8) is 0 Å². The van der Waals surface area contributed by atoms with Crippen LogP contribution in [0.4, 0.5) is 5.82 Å². The summed E-state index contributed by atoms with van der Waals surface area (Å²) < 4.78 is 7.10. The van der Waals surface area contributed by atoms with E-state index in [1.54, 1.807) is 30.5 Å². The minimum Gasteiger partial charge on any atom is -0.462 e. The zero-order valence-electron chi connectivity index (χ0n) is 18.6. The second kappa shape index (κ2) is 9.52. The fourth-order valence-corrected chi connectivity index (χ4v) is 4.75. The lowest BCUT2D eigenvalue weighted by atomic mass is 10.2. The molecule has 32 heavy (non-hydrogen) atoms. The van der Waals surface area contributed by atoms with Gasteiger partial charge in [-0.25, -0.2) is 14.8 Å². The Kier molecular flexibility index (Phi) is 6.55. The van der Waals surface area contributed by atoms with Crippen LogP contribution < -0.4 is 4.90 Å². The number of aryl methyl sites for hydroxylation is 2. The van der Waals surface area contributed by atoms with Gasteiger partial charge in [0.05, 0.1) is 24.3 Å². The molecule has 9 heteroatoms. The molecular weight excluding hydrogens is 426 g/mol. The molecule has 0 aromatic carbocycles. The normalized spacial score (nSPS) is 14.0. The number of aromatic nitrogens is 3. The molecule has 1 amide bonds. The molecule has 8 nitrogen and oxygen atoms in total. The molecule has 1 fully saturated rings. The average molecular weight is 454 g/mol. The molecule has 0 saturated carbocycles. The number of pyridine rings is 1. The van der Waals surface area contributed by atoms with Gasteiger partial charge in [-0.2, -0.15) is 0 Å². The van der Waals surface area contributed by atoms with Crippen LogP contribution >= 0.6 is 11.3 Å². The molecule has 4 heterocycles. The Morgan fingerprint density at radius 3 is 2.41 bits per heavy atom. The number of thiazole rings is 1. The highest BCUT2D eigenvalue weighted by atomic mass is 32.1. The van der Waals surface area contributed by atoms with Gasteiger partial charge in [0.15, 0.2) is 5.13 Å². The van der Waals surface area contributed by atoms with Crippen molar-refractivity contribution in [2.75, 3.05) is 37.7 Å². The zero-order valence-corrected chi connectivity index (χ0v) is 19.4. The van der Waals surface area contributed by atoms with Crippen LogP contribution in [-0.4, -0.2) is 64.1 Å². The van der Waals surface area contributed by atoms with Gasteiger partial charge in [0.2, 0.25) is 5.91 Å². The number of ether oxygens (including phenoxy) is 1. The van der Waals surface area contributed by atoms with Crippen molar-refractivity contribution in [2.45, 2.75) is 27.2 Å². The van der Waals surface area contributed by atoms with E-state index in [0.29, 0.717) is 44.8 Å². The van der Waals surface area contributed by atoms with Crippen LogP contribution in [-0.2, 0) is 16.0 Å². The molecule has 1 aliphatic heterocycles. The monoisotopic (exact) mass is 453 g/mol. The first kappa shape index (κ1) is 22.0. The van der Waals surface area contributed by atoms with Gasteiger partial charge in [-0.15, -0.1) is 11.3 Å². The van der Waals surface area contributed by atoms with Gasteiger partial charge in [-0.05, 0) is 45.0 Å². The first-order valence-electron chi connectivity index (χ1n) is 10.7. The van der Waals surface area contributed by atoms with Gasteiger partial charge in [-0.3, -0.25) is 9.36 Å². The van der Waals surface area contributed by atoms with Crippen molar-refractivity contribution in [1.29, 1.82) is 0 Å². The lowest BCUT2D eigenvalue weighted by molar-refractivity contribution is -0.130. The lowest BCUT2D eigenvalue weighted by Gasteiger charge is -2.35. The topological polar surface area (TPSA) is 80.6 Å². The van der Waals surface area contributed by atoms with Crippen LogP contribution in [0.5, 0.6) is 0 Å². The van der Waals surface area contributed by atoms with Crippen LogP contribution in [0.25, 0.3) is 5.13 Å². The highest BCUT2D eigenvalue weighted by Crippen LogP contribution is 2.21. The van der Waals surface area contributed by atoms with E-state index in [0.717, 1.165) is 28.0 Å². The predicted octanol–water partition coefficient (Wildman–Crippen LogP) is 3.01. The van der Waals surface area contributed by atoms with Crippen LogP contribution in [0.2, 0.25) is 0 Å². The second-order valence-electron chi connectivity index (χ2n) is 7.74. The third-order valence-electron chi connectivity index (χ3n) is 5.55. The first-order chi connectivity index (χ1) is 15.5. The Balaban J connectivity index is 1.32. The number of carbonyl (C=O) groups is 2. The third kappa shape index (κ3) is 4.67. The summed E-state index contributed by atoms with van der Waals surface area (Å²) in [5, 5.41) is 2.87. The zero-order chi connectivity index (χ0) is 22.7. The molecule has 0 unspecified atom stereocenters. The summed E-state index contributed by atoms with van der Waals surface area (Å²) in [4.78, 5) is 37.7. The van der Waals surface area contributed by atoms with E-state index in [4.69, 9.17) is 4.74 Å². The number of hydrogen-bond acceptors (Lipinski definition) is 7. The van der Waals surface area contributed by atoms with Crippen LogP contribution in [0, 0.1) is 13.8 Å². The maximum absolute atomic E-state index is 12.8. The van der Waals surface area contributed by atoms with Crippen LogP contribution in [0.1, 0.15) is 34.4 Å². The first-order valence-corrected chi connectivity index (χ1v) is 11.6. The SMILES string of the molecule is CCOC(=O)c1ccc(N2CCN(C(=O)Cc3csc(-n4c(C)ccc4C)n3)CC2)nc1. The van der Waals surface area contributed by atoms with Gasteiger partial charge < -0.3 is 14.5 Å². The molecule has 1 saturated heterocycles. The summed E-state index contributed by atoms with van der Waals surface area (Å²) >= 11 is 1.56. The van der Waals surface area contributed by atoms with Crippen molar-refractivity contribution < 1.29 is 14.3 Å². The highest BCUT2D eigenvalue weighted by molar-refractivity contribution is 7.12. The van der Waals surface area contributed by atoms with Crippen molar-refractivity contribution in [3.05, 3.63) is 58.5 Å². The van der Waals surface area contributed by atoms with Gasteiger partial charge in [0.1, 0.15) is 5.82 Å². The number of rotatable bonds is 6. The molecule has 0 bridgehead atoms. The molecule has 4 rings (SSSR count). The number of esters is 1. The van der Waals surface area contributed by atoms with Crippen molar-refractivity contribution in [2.24, 2.45) is 0 Å². The molecule has 0 aliphatic carbocycles. The van der Waals surface area contributed by atoms with E-state index in [1.807, 2.05) is 16.3 Å². The third-order valence-corrected chi connectivity index (χ3v) is 6.42. The summed E-state index contributed by atoms with van der Waals surface area (Å²) in [5.41, 5.74) is 3.52. The minimum absolute atomic E-state index is 0.0908. The molecular formula is C23H27N5O3S. The summed E-state index contributed by atoms with van der Waals surface area (Å²) in [5.74, 6) is 0.522. The van der Waals surface area contributed by atoms with Gasteiger partial charge in [0, 0.05) is 49.1 Å². The molecule has 0 atom stereocenters. The minimum atomic E-state index is -0.366. The number of amides is 1. The smallest absolute Gasteiger partial charge is 0.339 e. The average Bonchev–Trinajstić information content (AvgIpc) is 3.39. The van der Waals surface area contributed by atoms with E-state index in [9.17, 15) is 9.59 Å². The Morgan fingerprint density at radius 2 is 1.78 bits per heavy atom. The van der Waals surface area contributed by atoms with E-state index in [-0.39, 0.29) is 11.9 Å². The maximum atomic E-state index is 12.8. The molecule has 1 aliphatic rings. The quantitative estimate of drug-likeness (QED) is 0.534. The van der Waals surface area contributed by atoms with E-state index >= 15 is 0 Å². The Bertz CT molecular complexity index is 1080. The standard InChI is InChI=1S/C23H27N5O3S/c1-4-31-22(30)18-7-8-20(24-14-18)26-9-11-27(12-10-26)21(29)13-19-15-32-23(25-19)28-16(2)5-6-17(28)3/h5-8,14-15H,4,9-13H2,1-3H3. The molecule has 168 valence electrons. The fourth-order valence-electron chi connectivity index (χ4n) is 3.81. The van der Waals surface area contributed by atoms with E-state index in [2.05, 4.69) is 45.4 Å². The molecule has 3 aromatic heterocycles. The number of nitrogens with zero attached hydrogens (tertiary/aromatic N) is 5. The summed E-state index contributed by atoms with van der Waals surface area (Å²) in [7, 11) is 0. The van der Waals surface area contributed by atoms with Crippen molar-refractivity contribution in [1.82, 2.24) is 19.4 Å². The predicted molar refractivity (Wildman–Crippen MR) is 124 cm³/mol. The van der Waals surface area contributed by atoms with Crippen LogP contribution in [0.15, 0.2) is 35.8 Å². The molecule has 0 spiro atoms. The van der Waals surface area contributed by atoms with Gasteiger partial charge >= 0.3 is 5.97 Å². The second-order valence-corrected chi connectivity index (χ2v) is 8.58. The number of piperazine rings is 1. The van der Waals surface area contributed by atoms with Gasteiger partial charge in [0.25, 0.3) is 0 Å². The molecule has 0 N–H and O–H groups in total. The molecule has 3 aromatic rings. The largest absolute Gasteiger partial charge is 0.462 e. The van der Waals surface area contributed by atoms with Crippen molar-refractivity contribution in [3.8, 4) is 5.13 Å². The highest BCUT2D eigenvalue weighted by Gasteiger charge is 2.23. The Morgan fingerprint density at radius 1 is 1.06 bits per heavy atom. The summed E-state index contributed by atoms with van der Waals surface area (Å²) in [6.07, 6.45) is 1.85. The Labute approximate surface area is 191 Å². The van der Waals surface area contributed by atoms with E-state index < -0.39 is 0 Å². The van der Waals surface area contributed by atoms with Crippen molar-refractivity contribution >= 4 is 29.0 Å². The summed E-state index contributed by atoms with van der Waals surface area (Å²) in [6, 6.07) is 7.69. The van der Waals surface area contributed by atoms with E-state index in [1.165, 1.54) is 0 Å². The molecule has 0 radical (unpaired) electrons. The lowest BCUT2D eigenvalue weighted by Crippen LogP contribution is -2.49.